The zero-order chi connectivity index (χ0) is 18.0. The number of aromatic nitrogens is 3. The Bertz CT molecular complexity index is 990. The fourth-order valence-corrected chi connectivity index (χ4v) is 3.37. The van der Waals surface area contributed by atoms with Crippen molar-refractivity contribution >= 4 is 15.7 Å². The van der Waals surface area contributed by atoms with Crippen LogP contribution in [0.5, 0.6) is 5.75 Å². The Morgan fingerprint density at radius 1 is 1.16 bits per heavy atom. The van der Waals surface area contributed by atoms with Crippen LogP contribution in [0.1, 0.15) is 0 Å². The SMILES string of the molecule is COc1cncc(N(C)S(=O)(=O)c2cnn(-c3ccccc3)c2F)c1. The van der Waals surface area contributed by atoms with Crippen LogP contribution < -0.4 is 9.04 Å². The summed E-state index contributed by atoms with van der Waals surface area (Å²) in [4.78, 5) is 3.39. The average molecular weight is 362 g/mol. The number of hydrogen-bond acceptors (Lipinski definition) is 5. The van der Waals surface area contributed by atoms with E-state index in [0.29, 0.717) is 11.4 Å². The van der Waals surface area contributed by atoms with E-state index in [1.165, 1.54) is 32.6 Å². The van der Waals surface area contributed by atoms with Gasteiger partial charge in [0.25, 0.3) is 10.0 Å². The third-order valence-corrected chi connectivity index (χ3v) is 5.38. The maximum atomic E-state index is 14.7. The molecule has 0 aliphatic carbocycles. The van der Waals surface area contributed by atoms with E-state index < -0.39 is 20.9 Å². The van der Waals surface area contributed by atoms with Gasteiger partial charge in [-0.15, -0.1) is 0 Å². The summed E-state index contributed by atoms with van der Waals surface area (Å²) in [5.41, 5.74) is 0.665. The summed E-state index contributed by atoms with van der Waals surface area (Å²) in [5, 5.41) is 3.86. The topological polar surface area (TPSA) is 77.3 Å². The minimum atomic E-state index is -4.16. The lowest BCUT2D eigenvalue weighted by Crippen LogP contribution is -2.27. The molecule has 0 atom stereocenters. The quantitative estimate of drug-likeness (QED) is 0.696. The third kappa shape index (κ3) is 3.05. The van der Waals surface area contributed by atoms with Gasteiger partial charge in [0.2, 0.25) is 5.95 Å². The van der Waals surface area contributed by atoms with Gasteiger partial charge < -0.3 is 4.74 Å². The number of pyridine rings is 1. The van der Waals surface area contributed by atoms with Gasteiger partial charge in [-0.25, -0.2) is 13.1 Å². The second kappa shape index (κ2) is 6.52. The molecule has 3 rings (SSSR count). The van der Waals surface area contributed by atoms with E-state index >= 15 is 0 Å². The third-order valence-electron chi connectivity index (χ3n) is 3.62. The molecule has 7 nitrogen and oxygen atoms in total. The largest absolute Gasteiger partial charge is 0.495 e. The molecule has 0 saturated heterocycles. The van der Waals surface area contributed by atoms with Crippen molar-refractivity contribution in [3.05, 3.63) is 60.9 Å². The fraction of sp³-hybridized carbons (Fsp3) is 0.125. The molecule has 2 heterocycles. The van der Waals surface area contributed by atoms with Crippen LogP contribution in [0.4, 0.5) is 10.1 Å². The van der Waals surface area contributed by atoms with Crippen molar-refractivity contribution < 1.29 is 17.5 Å². The summed E-state index contributed by atoms with van der Waals surface area (Å²) >= 11 is 0. The van der Waals surface area contributed by atoms with Crippen LogP contribution in [0.25, 0.3) is 5.69 Å². The second-order valence-corrected chi connectivity index (χ2v) is 7.04. The maximum Gasteiger partial charge on any atom is 0.270 e. The van der Waals surface area contributed by atoms with Gasteiger partial charge in [-0.2, -0.15) is 9.49 Å². The van der Waals surface area contributed by atoms with Crippen molar-refractivity contribution in [1.82, 2.24) is 14.8 Å². The minimum absolute atomic E-state index is 0.242. The Hall–Kier alpha value is -2.94. The van der Waals surface area contributed by atoms with Crippen LogP contribution in [0.3, 0.4) is 0 Å². The zero-order valence-electron chi connectivity index (χ0n) is 13.5. The Kier molecular flexibility index (Phi) is 4.41. The molecule has 25 heavy (non-hydrogen) atoms. The lowest BCUT2D eigenvalue weighted by Gasteiger charge is -2.18. The summed E-state index contributed by atoms with van der Waals surface area (Å²) in [6, 6.07) is 9.93. The number of methoxy groups -OCH3 is 1. The van der Waals surface area contributed by atoms with E-state index in [1.807, 2.05) is 0 Å². The Morgan fingerprint density at radius 2 is 1.88 bits per heavy atom. The van der Waals surface area contributed by atoms with Crippen LogP contribution >= 0.6 is 0 Å². The summed E-state index contributed by atoms with van der Waals surface area (Å²) in [6.45, 7) is 0. The smallest absolute Gasteiger partial charge is 0.270 e. The first kappa shape index (κ1) is 16.9. The molecule has 0 bridgehead atoms. The molecule has 0 spiro atoms. The highest BCUT2D eigenvalue weighted by atomic mass is 32.2. The van der Waals surface area contributed by atoms with E-state index in [2.05, 4.69) is 10.1 Å². The zero-order valence-corrected chi connectivity index (χ0v) is 14.3. The van der Waals surface area contributed by atoms with E-state index in [9.17, 15) is 12.8 Å². The molecule has 0 unspecified atom stereocenters. The van der Waals surface area contributed by atoms with Gasteiger partial charge in [-0.05, 0) is 12.1 Å². The molecule has 0 aliphatic rings. The van der Waals surface area contributed by atoms with Gasteiger partial charge >= 0.3 is 0 Å². The molecule has 0 fully saturated rings. The van der Waals surface area contributed by atoms with Crippen molar-refractivity contribution in [2.24, 2.45) is 0 Å². The molecule has 0 N–H and O–H groups in total. The summed E-state index contributed by atoms with van der Waals surface area (Å²) < 4.78 is 47.1. The molecular weight excluding hydrogens is 347 g/mol. The van der Waals surface area contributed by atoms with Crippen molar-refractivity contribution in [2.45, 2.75) is 4.90 Å². The minimum Gasteiger partial charge on any atom is -0.495 e. The Labute approximate surface area is 144 Å². The van der Waals surface area contributed by atoms with Crippen molar-refractivity contribution in [3.63, 3.8) is 0 Å². The van der Waals surface area contributed by atoms with Gasteiger partial charge in [0.05, 0.1) is 37.1 Å². The molecule has 0 aliphatic heterocycles. The lowest BCUT2D eigenvalue weighted by molar-refractivity contribution is 0.413. The predicted octanol–water partition coefficient (Wildman–Crippen LogP) is 2.24. The molecular formula is C16H15FN4O3S. The van der Waals surface area contributed by atoms with E-state index in [4.69, 9.17) is 4.74 Å². The highest BCUT2D eigenvalue weighted by Crippen LogP contribution is 2.26. The van der Waals surface area contributed by atoms with Gasteiger partial charge in [0.1, 0.15) is 5.75 Å². The van der Waals surface area contributed by atoms with Crippen molar-refractivity contribution in [3.8, 4) is 11.4 Å². The van der Waals surface area contributed by atoms with E-state index in [0.717, 1.165) is 15.2 Å². The van der Waals surface area contributed by atoms with E-state index in [1.54, 1.807) is 30.3 Å². The first-order valence-corrected chi connectivity index (χ1v) is 8.66. The number of anilines is 1. The number of para-hydroxylation sites is 1. The molecule has 0 amide bonds. The summed E-state index contributed by atoms with van der Waals surface area (Å²) in [6.07, 6.45) is 3.78. The van der Waals surface area contributed by atoms with Gasteiger partial charge in [0.15, 0.2) is 4.90 Å². The fourth-order valence-electron chi connectivity index (χ4n) is 2.22. The Balaban J connectivity index is 2.02. The second-order valence-electron chi connectivity index (χ2n) is 5.10. The normalized spacial score (nSPS) is 11.3. The lowest BCUT2D eigenvalue weighted by atomic mass is 10.3. The van der Waals surface area contributed by atoms with Crippen LogP contribution in [-0.4, -0.2) is 37.3 Å². The van der Waals surface area contributed by atoms with Crippen LogP contribution in [0, 0.1) is 5.95 Å². The Morgan fingerprint density at radius 3 is 2.56 bits per heavy atom. The number of halogens is 1. The molecule has 1 aromatic carbocycles. The van der Waals surface area contributed by atoms with Crippen LogP contribution in [0.2, 0.25) is 0 Å². The number of benzene rings is 1. The highest BCUT2D eigenvalue weighted by molar-refractivity contribution is 7.92. The number of ether oxygens (including phenoxy) is 1. The molecule has 130 valence electrons. The van der Waals surface area contributed by atoms with E-state index in [-0.39, 0.29) is 5.69 Å². The maximum absolute atomic E-state index is 14.7. The standard InChI is InChI=1S/C16H15FN4O3S/c1-20(13-8-14(24-2)10-18-9-13)25(22,23)15-11-19-21(16(15)17)12-6-4-3-5-7-12/h3-11H,1-2H3. The molecule has 9 heteroatoms. The average Bonchev–Trinajstić information content (AvgIpc) is 3.04. The van der Waals surface area contributed by atoms with Gasteiger partial charge in [0, 0.05) is 13.1 Å². The molecule has 3 aromatic rings. The molecule has 0 saturated carbocycles. The number of rotatable bonds is 5. The highest BCUT2D eigenvalue weighted by Gasteiger charge is 2.29. The number of sulfonamides is 1. The van der Waals surface area contributed by atoms with Gasteiger partial charge in [-0.3, -0.25) is 9.29 Å². The molecule has 0 radical (unpaired) electrons. The van der Waals surface area contributed by atoms with Gasteiger partial charge in [-0.1, -0.05) is 18.2 Å². The summed E-state index contributed by atoms with van der Waals surface area (Å²) in [5.74, 6) is -0.575. The van der Waals surface area contributed by atoms with Crippen molar-refractivity contribution in [2.75, 3.05) is 18.5 Å². The first-order chi connectivity index (χ1) is 11.9. The van der Waals surface area contributed by atoms with Crippen LogP contribution in [-0.2, 0) is 10.0 Å². The predicted molar refractivity (Wildman–Crippen MR) is 89.9 cm³/mol. The number of hydrogen-bond donors (Lipinski definition) is 0. The van der Waals surface area contributed by atoms with Crippen molar-refractivity contribution in [1.29, 1.82) is 0 Å². The molecule has 2 aromatic heterocycles. The first-order valence-electron chi connectivity index (χ1n) is 7.22. The number of nitrogens with zero attached hydrogens (tertiary/aromatic N) is 4. The summed E-state index contributed by atoms with van der Waals surface area (Å²) in [7, 11) is -1.40. The monoisotopic (exact) mass is 362 g/mol. The van der Waals surface area contributed by atoms with Crippen LogP contribution in [0.15, 0.2) is 59.9 Å².